The summed E-state index contributed by atoms with van der Waals surface area (Å²) < 4.78 is 7.18. The van der Waals surface area contributed by atoms with Crippen LogP contribution in [0.2, 0.25) is 0 Å². The lowest BCUT2D eigenvalue weighted by Crippen LogP contribution is -2.61. The highest BCUT2D eigenvalue weighted by Gasteiger charge is 2.44. The van der Waals surface area contributed by atoms with Gasteiger partial charge in [-0.3, -0.25) is 4.79 Å². The summed E-state index contributed by atoms with van der Waals surface area (Å²) in [5.41, 5.74) is 2.00. The topological polar surface area (TPSA) is 26.3 Å². The van der Waals surface area contributed by atoms with Gasteiger partial charge in [0.05, 0.1) is 32.8 Å². The maximum atomic E-state index is 13.2. The summed E-state index contributed by atoms with van der Waals surface area (Å²) in [5, 5.41) is 0. The van der Waals surface area contributed by atoms with Crippen molar-refractivity contribution in [3.63, 3.8) is 0 Å². The Morgan fingerprint density at radius 1 is 0.929 bits per heavy atom. The normalized spacial score (nSPS) is 27.2. The monoisotopic (exact) mass is 378 g/mol. The van der Waals surface area contributed by atoms with E-state index in [1.165, 1.54) is 49.7 Å². The molecule has 2 aliphatic heterocycles. The van der Waals surface area contributed by atoms with E-state index in [1.807, 2.05) is 60.7 Å². The molecule has 2 fully saturated rings. The molecule has 0 saturated carbocycles. The summed E-state index contributed by atoms with van der Waals surface area (Å²) in [4.78, 5) is 13.2. The fourth-order valence-electron chi connectivity index (χ4n) is 5.46. The third-order valence-electron chi connectivity index (χ3n) is 6.95. The lowest BCUT2D eigenvalue weighted by atomic mass is 9.82. The molecule has 2 heterocycles. The molecule has 0 amide bonds. The van der Waals surface area contributed by atoms with Gasteiger partial charge in [-0.25, -0.2) is 0 Å². The van der Waals surface area contributed by atoms with Gasteiger partial charge >= 0.3 is 5.97 Å². The fourth-order valence-corrected chi connectivity index (χ4v) is 5.46. The molecule has 2 aromatic rings. The number of ether oxygens (including phenoxy) is 1. The van der Waals surface area contributed by atoms with Gasteiger partial charge in [0.1, 0.15) is 5.92 Å². The lowest BCUT2D eigenvalue weighted by Gasteiger charge is -2.51. The zero-order valence-corrected chi connectivity index (χ0v) is 16.9. The predicted octanol–water partition coefficient (Wildman–Crippen LogP) is 4.77. The summed E-state index contributed by atoms with van der Waals surface area (Å²) in [5.74, 6) is 0.0291. The molecule has 0 spiro atoms. The molecule has 3 nitrogen and oxygen atoms in total. The third kappa shape index (κ3) is 4.00. The van der Waals surface area contributed by atoms with Crippen molar-refractivity contribution in [2.24, 2.45) is 5.92 Å². The van der Waals surface area contributed by atoms with E-state index in [2.05, 4.69) is 7.05 Å². The van der Waals surface area contributed by atoms with E-state index in [4.69, 9.17) is 4.74 Å². The number of piperidine rings is 2. The van der Waals surface area contributed by atoms with Crippen molar-refractivity contribution >= 4 is 5.97 Å². The van der Waals surface area contributed by atoms with Crippen molar-refractivity contribution < 1.29 is 14.0 Å². The van der Waals surface area contributed by atoms with Crippen LogP contribution < -0.4 is 0 Å². The molecule has 3 atom stereocenters. The number of carbonyl (C=O) groups excluding carboxylic acids is 1. The highest BCUT2D eigenvalue weighted by Crippen LogP contribution is 2.36. The second-order valence-corrected chi connectivity index (χ2v) is 8.78. The Kier molecular flexibility index (Phi) is 5.82. The standard InChI is InChI=1S/C25H32NO2/c1-26-17-9-8-16-23(26)22(15-10-18-26)19-28-25(27)24(20-11-4-2-5-12-20)21-13-6-3-7-14-21/h2-7,11-14,22-24H,8-10,15-19H2,1H3/q+1. The van der Waals surface area contributed by atoms with Crippen LogP contribution in [0.15, 0.2) is 60.7 Å². The maximum Gasteiger partial charge on any atom is 0.317 e. The minimum Gasteiger partial charge on any atom is -0.464 e. The van der Waals surface area contributed by atoms with Crippen molar-refractivity contribution in [3.05, 3.63) is 71.8 Å². The van der Waals surface area contributed by atoms with Crippen LogP contribution in [0.3, 0.4) is 0 Å². The summed E-state index contributed by atoms with van der Waals surface area (Å²) in [7, 11) is 2.41. The van der Waals surface area contributed by atoms with E-state index in [0.29, 0.717) is 18.6 Å². The quantitative estimate of drug-likeness (QED) is 0.553. The van der Waals surface area contributed by atoms with Crippen molar-refractivity contribution in [3.8, 4) is 0 Å². The Bertz CT molecular complexity index is 732. The SMILES string of the molecule is C[N+]12CCCCC1C(COC(=O)C(c1ccccc1)c1ccccc1)CCC2. The number of esters is 1. The van der Waals surface area contributed by atoms with Gasteiger partial charge in [-0.05, 0) is 36.8 Å². The summed E-state index contributed by atoms with van der Waals surface area (Å²) in [6.45, 7) is 3.13. The first-order valence-electron chi connectivity index (χ1n) is 10.8. The van der Waals surface area contributed by atoms with E-state index in [-0.39, 0.29) is 11.9 Å². The molecule has 0 aliphatic carbocycles. The van der Waals surface area contributed by atoms with Gasteiger partial charge in [0.25, 0.3) is 0 Å². The first-order valence-corrected chi connectivity index (χ1v) is 10.8. The first kappa shape index (κ1) is 19.2. The molecule has 0 radical (unpaired) electrons. The van der Waals surface area contributed by atoms with Crippen LogP contribution in [0.4, 0.5) is 0 Å². The third-order valence-corrected chi connectivity index (χ3v) is 6.95. The molecule has 3 heteroatoms. The molecule has 148 valence electrons. The minimum atomic E-state index is -0.349. The van der Waals surface area contributed by atoms with E-state index >= 15 is 0 Å². The van der Waals surface area contributed by atoms with E-state index < -0.39 is 0 Å². The zero-order valence-electron chi connectivity index (χ0n) is 16.9. The number of hydrogen-bond donors (Lipinski definition) is 0. The van der Waals surface area contributed by atoms with Gasteiger partial charge in [0, 0.05) is 12.3 Å². The summed E-state index contributed by atoms with van der Waals surface area (Å²) in [6.07, 6.45) is 6.37. The number of benzene rings is 2. The van der Waals surface area contributed by atoms with Crippen LogP contribution in [0, 0.1) is 5.92 Å². The van der Waals surface area contributed by atoms with Gasteiger partial charge in [-0.1, -0.05) is 60.7 Å². The number of fused-ring (bicyclic) bond motifs is 1. The van der Waals surface area contributed by atoms with Crippen LogP contribution >= 0.6 is 0 Å². The van der Waals surface area contributed by atoms with Crippen molar-refractivity contribution in [1.29, 1.82) is 0 Å². The summed E-state index contributed by atoms with van der Waals surface area (Å²) in [6, 6.07) is 20.7. The molecule has 4 rings (SSSR count). The van der Waals surface area contributed by atoms with Gasteiger partial charge in [-0.2, -0.15) is 0 Å². The number of rotatable bonds is 5. The lowest BCUT2D eigenvalue weighted by molar-refractivity contribution is -0.947. The Balaban J connectivity index is 1.49. The molecule has 0 bridgehead atoms. The highest BCUT2D eigenvalue weighted by molar-refractivity contribution is 5.82. The Labute approximate surface area is 168 Å². The number of hydrogen-bond acceptors (Lipinski definition) is 2. The van der Waals surface area contributed by atoms with Crippen molar-refractivity contribution in [1.82, 2.24) is 0 Å². The largest absolute Gasteiger partial charge is 0.464 e. The zero-order chi connectivity index (χ0) is 19.4. The number of nitrogens with zero attached hydrogens (tertiary/aromatic N) is 1. The molecule has 2 aliphatic rings. The molecule has 0 aromatic heterocycles. The molecule has 2 saturated heterocycles. The minimum absolute atomic E-state index is 0.118. The Morgan fingerprint density at radius 3 is 2.18 bits per heavy atom. The van der Waals surface area contributed by atoms with Crippen LogP contribution in [0.1, 0.15) is 49.1 Å². The highest BCUT2D eigenvalue weighted by atomic mass is 16.5. The van der Waals surface area contributed by atoms with E-state index in [1.54, 1.807) is 0 Å². The Hall–Kier alpha value is -2.13. The Morgan fingerprint density at radius 2 is 1.54 bits per heavy atom. The van der Waals surface area contributed by atoms with Crippen molar-refractivity contribution in [2.75, 3.05) is 26.7 Å². The smallest absolute Gasteiger partial charge is 0.317 e. The second-order valence-electron chi connectivity index (χ2n) is 8.78. The second kappa shape index (κ2) is 8.48. The average molecular weight is 379 g/mol. The molecule has 3 unspecified atom stereocenters. The number of carbonyl (C=O) groups is 1. The van der Waals surface area contributed by atoms with E-state index in [0.717, 1.165) is 11.1 Å². The predicted molar refractivity (Wildman–Crippen MR) is 112 cm³/mol. The molecular weight excluding hydrogens is 346 g/mol. The molecular formula is C25H32NO2+. The maximum absolute atomic E-state index is 13.2. The molecule has 0 N–H and O–H groups in total. The van der Waals surface area contributed by atoms with E-state index in [9.17, 15) is 4.79 Å². The molecule has 2 aromatic carbocycles. The van der Waals surface area contributed by atoms with Crippen molar-refractivity contribution in [2.45, 2.75) is 44.1 Å². The van der Waals surface area contributed by atoms with Crippen LogP contribution in [0.25, 0.3) is 0 Å². The van der Waals surface area contributed by atoms with Gasteiger partial charge in [-0.15, -0.1) is 0 Å². The number of quaternary nitrogens is 1. The average Bonchev–Trinajstić information content (AvgIpc) is 2.73. The fraction of sp³-hybridized carbons (Fsp3) is 0.480. The van der Waals surface area contributed by atoms with Crippen LogP contribution in [-0.4, -0.2) is 43.2 Å². The van der Waals surface area contributed by atoms with Crippen LogP contribution in [0.5, 0.6) is 0 Å². The molecule has 28 heavy (non-hydrogen) atoms. The first-order chi connectivity index (χ1) is 13.7. The van der Waals surface area contributed by atoms with Gasteiger partial charge in [0.15, 0.2) is 0 Å². The van der Waals surface area contributed by atoms with Crippen LogP contribution in [-0.2, 0) is 9.53 Å². The summed E-state index contributed by atoms with van der Waals surface area (Å²) >= 11 is 0. The van der Waals surface area contributed by atoms with Gasteiger partial charge in [0.2, 0.25) is 0 Å². The van der Waals surface area contributed by atoms with Gasteiger partial charge < -0.3 is 9.22 Å².